The van der Waals surface area contributed by atoms with Crippen LogP contribution in [-0.4, -0.2) is 35.4 Å². The van der Waals surface area contributed by atoms with Gasteiger partial charge in [0.05, 0.1) is 0 Å². The number of hydrogen-bond donors (Lipinski definition) is 2. The minimum absolute atomic E-state index is 0.276. The molecule has 2 aliphatic carbocycles. The summed E-state index contributed by atoms with van der Waals surface area (Å²) in [5.41, 5.74) is 2.29. The number of carboxylic acids is 2. The van der Waals surface area contributed by atoms with Crippen LogP contribution in [0.15, 0.2) is 45.3 Å². The number of hydrogen-bond acceptors (Lipinski definition) is 4. The van der Waals surface area contributed by atoms with Gasteiger partial charge in [0.25, 0.3) is 0 Å². The number of ether oxygens (including phenoxy) is 2. The molecule has 0 aromatic heterocycles. The molecule has 4 rings (SSSR count). The Morgan fingerprint density at radius 2 is 1.03 bits per heavy atom. The second-order valence-electron chi connectivity index (χ2n) is 9.40. The van der Waals surface area contributed by atoms with Gasteiger partial charge >= 0.3 is 11.9 Å². The Labute approximate surface area is 229 Å². The lowest BCUT2D eigenvalue weighted by molar-refractivity contribution is -0.140. The first kappa shape index (κ1) is 28.5. The summed E-state index contributed by atoms with van der Waals surface area (Å²) in [4.78, 5) is 21.2. The highest BCUT2D eigenvalue weighted by atomic mass is 79.9. The summed E-state index contributed by atoms with van der Waals surface area (Å²) >= 11 is 6.94. The monoisotopic (exact) mass is 624 g/mol. The van der Waals surface area contributed by atoms with E-state index in [-0.39, 0.29) is 13.2 Å². The molecule has 2 fully saturated rings. The third kappa shape index (κ3) is 9.11. The van der Waals surface area contributed by atoms with Crippen molar-refractivity contribution in [1.29, 1.82) is 0 Å². The predicted octanol–water partition coefficient (Wildman–Crippen LogP) is 7.92. The summed E-state index contributed by atoms with van der Waals surface area (Å²) in [5.74, 6) is 0.556. The molecule has 36 heavy (non-hydrogen) atoms. The van der Waals surface area contributed by atoms with Crippen molar-refractivity contribution in [2.24, 2.45) is 0 Å². The zero-order valence-electron chi connectivity index (χ0n) is 20.4. The largest absolute Gasteiger partial charge is 0.482 e. The number of rotatable bonds is 8. The molecule has 0 bridgehead atoms. The molecule has 0 saturated heterocycles. The molecular weight excluding hydrogens is 592 g/mol. The summed E-state index contributed by atoms with van der Waals surface area (Å²) < 4.78 is 12.8. The van der Waals surface area contributed by atoms with Crippen LogP contribution in [0.3, 0.4) is 0 Å². The lowest BCUT2D eigenvalue weighted by atomic mass is 9.84. The highest BCUT2D eigenvalue weighted by Gasteiger charge is 2.21. The van der Waals surface area contributed by atoms with E-state index in [0.29, 0.717) is 23.3 Å². The van der Waals surface area contributed by atoms with Gasteiger partial charge in [0.1, 0.15) is 11.5 Å². The van der Waals surface area contributed by atoms with Gasteiger partial charge < -0.3 is 19.7 Å². The molecule has 2 aromatic carbocycles. The summed E-state index contributed by atoms with van der Waals surface area (Å²) in [6, 6.07) is 11.6. The first-order valence-electron chi connectivity index (χ1n) is 12.6. The van der Waals surface area contributed by atoms with Crippen LogP contribution in [0.25, 0.3) is 0 Å². The average Bonchev–Trinajstić information content (AvgIpc) is 2.88. The fourth-order valence-electron chi connectivity index (χ4n) is 5.05. The first-order chi connectivity index (χ1) is 17.3. The molecule has 0 atom stereocenters. The van der Waals surface area contributed by atoms with Gasteiger partial charge in [-0.25, -0.2) is 9.59 Å². The molecule has 0 spiro atoms. The van der Waals surface area contributed by atoms with Crippen molar-refractivity contribution < 1.29 is 29.3 Å². The summed E-state index contributed by atoms with van der Waals surface area (Å²) in [5, 5.41) is 17.4. The van der Waals surface area contributed by atoms with Gasteiger partial charge in [0, 0.05) is 8.95 Å². The molecule has 0 aliphatic heterocycles. The van der Waals surface area contributed by atoms with E-state index >= 15 is 0 Å². The molecule has 2 saturated carbocycles. The van der Waals surface area contributed by atoms with Crippen LogP contribution in [-0.2, 0) is 9.59 Å². The quantitative estimate of drug-likeness (QED) is 0.309. The minimum atomic E-state index is -0.937. The summed E-state index contributed by atoms with van der Waals surface area (Å²) in [6.07, 6.45) is 12.3. The Morgan fingerprint density at radius 3 is 1.36 bits per heavy atom. The van der Waals surface area contributed by atoms with Crippen LogP contribution in [0.1, 0.15) is 87.2 Å². The second kappa shape index (κ2) is 14.6. The van der Waals surface area contributed by atoms with E-state index in [4.69, 9.17) is 19.7 Å². The van der Waals surface area contributed by atoms with Crippen molar-refractivity contribution in [3.8, 4) is 11.5 Å². The van der Waals surface area contributed by atoms with Crippen LogP contribution in [0.2, 0.25) is 0 Å². The van der Waals surface area contributed by atoms with Crippen molar-refractivity contribution in [3.05, 3.63) is 56.5 Å². The van der Waals surface area contributed by atoms with Crippen molar-refractivity contribution in [2.75, 3.05) is 13.2 Å². The van der Waals surface area contributed by atoms with Crippen LogP contribution < -0.4 is 9.47 Å². The van der Waals surface area contributed by atoms with Crippen molar-refractivity contribution in [1.82, 2.24) is 0 Å². The molecule has 0 heterocycles. The standard InChI is InChI=1S/2C14H17BrO3/c2*15-11-6-7-13(18-9-14(16)17)12(8-11)10-4-2-1-3-5-10/h2*6-8,10H,1-5,9H2,(H,16,17). The Morgan fingerprint density at radius 1 is 0.667 bits per heavy atom. The van der Waals surface area contributed by atoms with Crippen molar-refractivity contribution in [2.45, 2.75) is 76.0 Å². The predicted molar refractivity (Wildman–Crippen MR) is 146 cm³/mol. The third-order valence-corrected chi connectivity index (χ3v) is 7.72. The topological polar surface area (TPSA) is 93.1 Å². The van der Waals surface area contributed by atoms with Crippen LogP contribution in [0.5, 0.6) is 11.5 Å². The summed E-state index contributed by atoms with van der Waals surface area (Å²) in [7, 11) is 0. The third-order valence-electron chi connectivity index (χ3n) is 6.74. The number of carboxylic acid groups (broad SMARTS) is 2. The first-order valence-corrected chi connectivity index (χ1v) is 14.2. The molecule has 0 radical (unpaired) electrons. The zero-order valence-corrected chi connectivity index (χ0v) is 23.6. The lowest BCUT2D eigenvalue weighted by Gasteiger charge is -2.24. The Kier molecular flexibility index (Phi) is 11.6. The molecule has 196 valence electrons. The maximum atomic E-state index is 10.6. The molecule has 8 heteroatoms. The Hall–Kier alpha value is -2.06. The van der Waals surface area contributed by atoms with Gasteiger partial charge in [-0.3, -0.25) is 0 Å². The van der Waals surface area contributed by atoms with Crippen molar-refractivity contribution in [3.63, 3.8) is 0 Å². The average molecular weight is 626 g/mol. The minimum Gasteiger partial charge on any atom is -0.482 e. The van der Waals surface area contributed by atoms with Crippen LogP contribution in [0, 0.1) is 0 Å². The molecule has 2 aliphatic rings. The fourth-order valence-corrected chi connectivity index (χ4v) is 5.80. The van der Waals surface area contributed by atoms with E-state index in [1.54, 1.807) is 0 Å². The fraction of sp³-hybridized carbons (Fsp3) is 0.500. The van der Waals surface area contributed by atoms with E-state index in [1.807, 2.05) is 24.3 Å². The van der Waals surface area contributed by atoms with E-state index in [1.165, 1.54) is 64.2 Å². The van der Waals surface area contributed by atoms with Crippen LogP contribution in [0.4, 0.5) is 0 Å². The van der Waals surface area contributed by atoms with E-state index in [9.17, 15) is 9.59 Å². The van der Waals surface area contributed by atoms with Gasteiger partial charge in [0.2, 0.25) is 0 Å². The number of benzene rings is 2. The SMILES string of the molecule is O=C(O)COc1ccc(Br)cc1C1CCCCC1.O=C(O)COc1ccc(Br)cc1C1CCCCC1. The highest BCUT2D eigenvalue weighted by molar-refractivity contribution is 9.10. The Balaban J connectivity index is 0.000000201. The number of aliphatic carboxylic acids is 2. The van der Waals surface area contributed by atoms with E-state index in [2.05, 4.69) is 44.0 Å². The molecular formula is C28H34Br2O6. The highest BCUT2D eigenvalue weighted by Crippen LogP contribution is 2.40. The lowest BCUT2D eigenvalue weighted by Crippen LogP contribution is -2.12. The number of halogens is 2. The number of carbonyl (C=O) groups is 2. The molecule has 6 nitrogen and oxygen atoms in total. The maximum absolute atomic E-state index is 10.6. The zero-order chi connectivity index (χ0) is 25.9. The van der Waals surface area contributed by atoms with Gasteiger partial charge in [0.15, 0.2) is 13.2 Å². The van der Waals surface area contributed by atoms with E-state index in [0.717, 1.165) is 20.1 Å². The van der Waals surface area contributed by atoms with Gasteiger partial charge in [-0.15, -0.1) is 0 Å². The normalized spacial score (nSPS) is 16.5. The second-order valence-corrected chi connectivity index (χ2v) is 11.2. The van der Waals surface area contributed by atoms with Gasteiger partial charge in [-0.1, -0.05) is 70.4 Å². The van der Waals surface area contributed by atoms with Gasteiger partial charge in [-0.05, 0) is 85.0 Å². The maximum Gasteiger partial charge on any atom is 0.341 e. The van der Waals surface area contributed by atoms with Crippen LogP contribution >= 0.6 is 31.9 Å². The van der Waals surface area contributed by atoms with Gasteiger partial charge in [-0.2, -0.15) is 0 Å². The van der Waals surface area contributed by atoms with E-state index < -0.39 is 11.9 Å². The van der Waals surface area contributed by atoms with Crippen molar-refractivity contribution >= 4 is 43.8 Å². The smallest absolute Gasteiger partial charge is 0.341 e. The summed E-state index contributed by atoms with van der Waals surface area (Å²) in [6.45, 7) is -0.553. The molecule has 2 aromatic rings. The molecule has 0 unspecified atom stereocenters. The Bertz CT molecular complexity index is 932. The molecule has 2 N–H and O–H groups in total. The molecule has 0 amide bonds.